The summed E-state index contributed by atoms with van der Waals surface area (Å²) in [6.45, 7) is 10.8. The lowest BCUT2D eigenvalue weighted by Gasteiger charge is -2.36. The fourth-order valence-electron chi connectivity index (χ4n) is 4.20. The predicted molar refractivity (Wildman–Crippen MR) is 125 cm³/mol. The van der Waals surface area contributed by atoms with Gasteiger partial charge in [0.05, 0.1) is 0 Å². The van der Waals surface area contributed by atoms with Crippen LogP contribution in [0.15, 0.2) is 4.99 Å². The molecule has 2 aromatic rings. The second kappa shape index (κ2) is 10.9. The molecule has 2 aromatic heterocycles. The molecule has 0 bridgehead atoms. The Hall–Kier alpha value is -2.23. The van der Waals surface area contributed by atoms with Gasteiger partial charge in [-0.15, -0.1) is 10.2 Å². The summed E-state index contributed by atoms with van der Waals surface area (Å²) in [6, 6.07) is 0. The molecule has 0 unspecified atom stereocenters. The molecule has 9 nitrogen and oxygen atoms in total. The van der Waals surface area contributed by atoms with E-state index in [1.165, 1.54) is 36.6 Å². The van der Waals surface area contributed by atoms with Crippen LogP contribution in [0.1, 0.15) is 57.0 Å². The second-order valence-corrected chi connectivity index (χ2v) is 8.89. The van der Waals surface area contributed by atoms with E-state index in [0.717, 1.165) is 94.2 Å². The van der Waals surface area contributed by atoms with Crippen molar-refractivity contribution in [2.75, 3.05) is 44.2 Å². The molecule has 0 radical (unpaired) electrons. The van der Waals surface area contributed by atoms with Crippen molar-refractivity contribution in [3.8, 4) is 0 Å². The number of aliphatic imine (C=N–C) groups is 1. The molecule has 0 aliphatic carbocycles. The molecule has 1 saturated heterocycles. The highest BCUT2D eigenvalue weighted by molar-refractivity contribution is 7.09. The van der Waals surface area contributed by atoms with Crippen LogP contribution in [0, 0.1) is 0 Å². The van der Waals surface area contributed by atoms with Crippen molar-refractivity contribution in [1.82, 2.24) is 34.3 Å². The molecule has 0 amide bonds. The topological polar surface area (TPSA) is 87.4 Å². The van der Waals surface area contributed by atoms with Gasteiger partial charge in [0.15, 0.2) is 5.96 Å². The first-order valence-corrected chi connectivity index (χ1v) is 12.6. The summed E-state index contributed by atoms with van der Waals surface area (Å²) in [5.74, 6) is 4.27. The zero-order chi connectivity index (χ0) is 21.5. The van der Waals surface area contributed by atoms with Gasteiger partial charge in [-0.05, 0) is 26.2 Å². The smallest absolute Gasteiger partial charge is 0.205 e. The van der Waals surface area contributed by atoms with Gasteiger partial charge in [-0.3, -0.25) is 4.99 Å². The summed E-state index contributed by atoms with van der Waals surface area (Å²) in [6.07, 6.45) is 7.68. The molecule has 1 N–H and O–H groups in total. The number of rotatable bonds is 7. The molecule has 1 fully saturated rings. The van der Waals surface area contributed by atoms with Crippen molar-refractivity contribution in [3.05, 3.63) is 17.5 Å². The van der Waals surface area contributed by atoms with E-state index in [9.17, 15) is 0 Å². The van der Waals surface area contributed by atoms with E-state index in [1.807, 2.05) is 0 Å². The minimum Gasteiger partial charge on any atom is -0.357 e. The molecule has 2 aliphatic heterocycles. The molecular weight excluding hydrogens is 410 g/mol. The van der Waals surface area contributed by atoms with Gasteiger partial charge in [0.25, 0.3) is 0 Å². The van der Waals surface area contributed by atoms with Gasteiger partial charge in [-0.25, -0.2) is 4.98 Å². The summed E-state index contributed by atoms with van der Waals surface area (Å²) < 4.78 is 6.77. The quantitative estimate of drug-likeness (QED) is 0.397. The maximum absolute atomic E-state index is 4.91. The molecule has 4 rings (SSSR count). The van der Waals surface area contributed by atoms with Crippen LogP contribution in [0.25, 0.3) is 0 Å². The van der Waals surface area contributed by atoms with Crippen LogP contribution in [0.5, 0.6) is 0 Å². The fraction of sp³-hybridized carbons (Fsp3) is 0.762. The monoisotopic (exact) mass is 445 g/mol. The molecule has 31 heavy (non-hydrogen) atoms. The number of hydrogen-bond donors (Lipinski definition) is 1. The van der Waals surface area contributed by atoms with Gasteiger partial charge < -0.3 is 19.7 Å². The van der Waals surface area contributed by atoms with Crippen LogP contribution >= 0.6 is 11.5 Å². The van der Waals surface area contributed by atoms with Crippen LogP contribution in [0.3, 0.4) is 0 Å². The Morgan fingerprint density at radius 3 is 2.71 bits per heavy atom. The van der Waals surface area contributed by atoms with Gasteiger partial charge in [-0.1, -0.05) is 13.3 Å². The SMILES string of the molecule is CCNC(=NCCCc1nnc2n1CCCCC2)N1CCN(c2nc(CC)ns2)CC1. The lowest BCUT2D eigenvalue weighted by Crippen LogP contribution is -2.52. The molecule has 0 aromatic carbocycles. The Kier molecular flexibility index (Phi) is 7.71. The number of aromatic nitrogens is 5. The largest absolute Gasteiger partial charge is 0.357 e. The van der Waals surface area contributed by atoms with Crippen molar-refractivity contribution in [2.45, 2.75) is 65.3 Å². The molecule has 2 aliphatic rings. The highest BCUT2D eigenvalue weighted by Gasteiger charge is 2.22. The normalized spacial score (nSPS) is 17.5. The molecule has 0 saturated carbocycles. The Morgan fingerprint density at radius 2 is 1.94 bits per heavy atom. The van der Waals surface area contributed by atoms with Crippen LogP contribution in [0.2, 0.25) is 0 Å². The van der Waals surface area contributed by atoms with Gasteiger partial charge in [0.2, 0.25) is 5.13 Å². The number of aryl methyl sites for hydroxylation is 3. The highest BCUT2D eigenvalue weighted by Crippen LogP contribution is 2.19. The van der Waals surface area contributed by atoms with Gasteiger partial charge in [0.1, 0.15) is 17.5 Å². The van der Waals surface area contributed by atoms with Crippen LogP contribution in [0.4, 0.5) is 5.13 Å². The number of hydrogen-bond acceptors (Lipinski definition) is 7. The van der Waals surface area contributed by atoms with Gasteiger partial charge in [0, 0.05) is 76.6 Å². The van der Waals surface area contributed by atoms with Crippen LogP contribution in [-0.4, -0.2) is 74.2 Å². The summed E-state index contributed by atoms with van der Waals surface area (Å²) >= 11 is 1.51. The number of nitrogens with one attached hydrogen (secondary N) is 1. The van der Waals surface area contributed by atoms with E-state index in [-0.39, 0.29) is 0 Å². The molecule has 0 spiro atoms. The molecule has 4 heterocycles. The first kappa shape index (κ1) is 22.0. The van der Waals surface area contributed by atoms with Crippen molar-refractivity contribution in [1.29, 1.82) is 0 Å². The van der Waals surface area contributed by atoms with Crippen molar-refractivity contribution in [2.24, 2.45) is 4.99 Å². The maximum atomic E-state index is 4.91. The average molecular weight is 446 g/mol. The number of nitrogens with zero attached hydrogens (tertiary/aromatic N) is 8. The fourth-order valence-corrected chi connectivity index (χ4v) is 5.01. The van der Waals surface area contributed by atoms with E-state index < -0.39 is 0 Å². The molecule has 170 valence electrons. The lowest BCUT2D eigenvalue weighted by atomic mass is 10.2. The summed E-state index contributed by atoms with van der Waals surface area (Å²) in [5.41, 5.74) is 0. The standard InChI is InChI=1S/C21H35N9S/c1-3-17-24-21(31-27-17)29-15-13-28(14-16-29)20(22-4-2)23-11-8-10-19-26-25-18-9-6-5-7-12-30(18)19/h3-16H2,1-2H3,(H,22,23). The Balaban J connectivity index is 1.28. The zero-order valence-corrected chi connectivity index (χ0v) is 19.7. The molecule has 10 heteroatoms. The van der Waals surface area contributed by atoms with Crippen LogP contribution < -0.4 is 10.2 Å². The Morgan fingerprint density at radius 1 is 1.06 bits per heavy atom. The number of piperazine rings is 1. The summed E-state index contributed by atoms with van der Waals surface area (Å²) in [4.78, 5) is 14.3. The summed E-state index contributed by atoms with van der Waals surface area (Å²) in [5, 5.41) is 13.4. The first-order valence-electron chi connectivity index (χ1n) is 11.8. The molecular formula is C21H35N9S. The lowest BCUT2D eigenvalue weighted by molar-refractivity contribution is 0.372. The number of guanidine groups is 1. The van der Waals surface area contributed by atoms with E-state index >= 15 is 0 Å². The minimum absolute atomic E-state index is 0.807. The third kappa shape index (κ3) is 5.53. The van der Waals surface area contributed by atoms with Crippen molar-refractivity contribution < 1.29 is 0 Å². The van der Waals surface area contributed by atoms with E-state index in [1.54, 1.807) is 0 Å². The number of anilines is 1. The van der Waals surface area contributed by atoms with Crippen molar-refractivity contribution in [3.63, 3.8) is 0 Å². The van der Waals surface area contributed by atoms with E-state index in [2.05, 4.69) is 53.1 Å². The van der Waals surface area contributed by atoms with Crippen LogP contribution in [-0.2, 0) is 25.8 Å². The van der Waals surface area contributed by atoms with Gasteiger partial charge in [-0.2, -0.15) is 4.37 Å². The summed E-state index contributed by atoms with van der Waals surface area (Å²) in [7, 11) is 0. The Labute approximate surface area is 189 Å². The predicted octanol–water partition coefficient (Wildman–Crippen LogP) is 2.14. The zero-order valence-electron chi connectivity index (χ0n) is 18.9. The maximum Gasteiger partial charge on any atom is 0.205 e. The number of fused-ring (bicyclic) bond motifs is 1. The Bertz CT molecular complexity index is 851. The van der Waals surface area contributed by atoms with Gasteiger partial charge >= 0.3 is 0 Å². The average Bonchev–Trinajstić information content (AvgIpc) is 3.37. The van der Waals surface area contributed by atoms with E-state index in [0.29, 0.717) is 0 Å². The first-order chi connectivity index (χ1) is 15.3. The third-order valence-corrected chi connectivity index (χ3v) is 6.78. The van der Waals surface area contributed by atoms with Crippen molar-refractivity contribution >= 4 is 22.6 Å². The highest BCUT2D eigenvalue weighted by atomic mass is 32.1. The minimum atomic E-state index is 0.807. The second-order valence-electron chi connectivity index (χ2n) is 8.15. The van der Waals surface area contributed by atoms with E-state index in [4.69, 9.17) is 4.99 Å². The third-order valence-electron chi connectivity index (χ3n) is 5.96. The molecule has 0 atom stereocenters.